The molecule has 0 aromatic heterocycles. The summed E-state index contributed by atoms with van der Waals surface area (Å²) in [6, 6.07) is 17.1. The van der Waals surface area contributed by atoms with Gasteiger partial charge in [-0.15, -0.1) is 0 Å². The van der Waals surface area contributed by atoms with Crippen LogP contribution in [-0.2, 0) is 17.8 Å². The molecule has 2 aromatic rings. The van der Waals surface area contributed by atoms with Crippen LogP contribution in [0, 0.1) is 11.8 Å². The molecule has 3 fully saturated rings. The number of likely N-dealkylation sites (N-methyl/N-ethyl adjacent to an activating group) is 1. The van der Waals surface area contributed by atoms with E-state index in [9.17, 15) is 0 Å². The minimum atomic E-state index is 0.0795. The number of benzene rings is 2. The highest BCUT2D eigenvalue weighted by Crippen LogP contribution is 2.36. The molecule has 0 N–H and O–H groups in total. The molecule has 3 heterocycles. The maximum absolute atomic E-state index is 6.76. The summed E-state index contributed by atoms with van der Waals surface area (Å²) in [5.74, 6) is 1.57. The molecule has 0 bridgehead atoms. The Labute approximate surface area is 277 Å². The Hall–Kier alpha value is -1.18. The molecule has 3 aliphatic heterocycles. The van der Waals surface area contributed by atoms with Crippen molar-refractivity contribution in [3.8, 4) is 0 Å². The van der Waals surface area contributed by atoms with Crippen molar-refractivity contribution in [1.82, 2.24) is 19.6 Å². The second kappa shape index (κ2) is 14.7. The minimum absolute atomic E-state index is 0.0795. The van der Waals surface area contributed by atoms with Gasteiger partial charge >= 0.3 is 0 Å². The molecule has 3 aliphatic rings. The third kappa shape index (κ3) is 9.21. The van der Waals surface area contributed by atoms with Crippen LogP contribution in [0.15, 0.2) is 48.5 Å². The average molecular weight is 644 g/mol. The van der Waals surface area contributed by atoms with E-state index in [4.69, 9.17) is 27.9 Å². The van der Waals surface area contributed by atoms with E-state index in [0.29, 0.717) is 12.6 Å². The molecule has 0 radical (unpaired) electrons. The van der Waals surface area contributed by atoms with Crippen LogP contribution >= 0.6 is 23.2 Å². The van der Waals surface area contributed by atoms with Crippen molar-refractivity contribution >= 4 is 23.2 Å². The molecule has 44 heavy (non-hydrogen) atoms. The van der Waals surface area contributed by atoms with E-state index in [1.54, 1.807) is 0 Å². The van der Waals surface area contributed by atoms with E-state index in [0.717, 1.165) is 60.9 Å². The van der Waals surface area contributed by atoms with Gasteiger partial charge < -0.3 is 14.5 Å². The second-order valence-corrected chi connectivity index (χ2v) is 16.3. The van der Waals surface area contributed by atoms with E-state index in [-0.39, 0.29) is 17.2 Å². The molecule has 0 spiro atoms. The van der Waals surface area contributed by atoms with Gasteiger partial charge in [0.2, 0.25) is 0 Å². The van der Waals surface area contributed by atoms with Crippen LogP contribution in [0.2, 0.25) is 10.0 Å². The van der Waals surface area contributed by atoms with E-state index >= 15 is 0 Å². The number of halogens is 2. The van der Waals surface area contributed by atoms with Gasteiger partial charge in [0, 0.05) is 79.5 Å². The zero-order chi connectivity index (χ0) is 31.5. The lowest BCUT2D eigenvalue weighted by atomic mass is 9.90. The van der Waals surface area contributed by atoms with Crippen molar-refractivity contribution < 1.29 is 4.74 Å². The van der Waals surface area contributed by atoms with Gasteiger partial charge in [0.15, 0.2) is 0 Å². The highest BCUT2D eigenvalue weighted by atomic mass is 35.5. The number of ether oxygens (including phenoxy) is 1. The summed E-state index contributed by atoms with van der Waals surface area (Å²) in [7, 11) is 2.30. The number of piperidine rings is 1. The zero-order valence-corrected chi connectivity index (χ0v) is 29.6. The summed E-state index contributed by atoms with van der Waals surface area (Å²) in [6.07, 6.45) is 4.74. The molecule has 1 unspecified atom stereocenters. The van der Waals surface area contributed by atoms with Crippen molar-refractivity contribution in [2.75, 3.05) is 59.4 Å². The topological polar surface area (TPSA) is 22.2 Å². The Morgan fingerprint density at radius 2 is 1.34 bits per heavy atom. The molecule has 3 saturated heterocycles. The smallest absolute Gasteiger partial charge is 0.0724 e. The Kier molecular flexibility index (Phi) is 11.4. The molecule has 244 valence electrons. The lowest BCUT2D eigenvalue weighted by Gasteiger charge is -2.46. The van der Waals surface area contributed by atoms with Gasteiger partial charge in [-0.25, -0.2) is 0 Å². The first-order valence-corrected chi connectivity index (χ1v) is 17.6. The van der Waals surface area contributed by atoms with Crippen molar-refractivity contribution in [2.24, 2.45) is 11.8 Å². The first kappa shape index (κ1) is 34.2. The first-order chi connectivity index (χ1) is 20.9. The van der Waals surface area contributed by atoms with Gasteiger partial charge in [-0.05, 0) is 115 Å². The second-order valence-electron chi connectivity index (χ2n) is 15.5. The highest BCUT2D eigenvalue weighted by molar-refractivity contribution is 6.30. The largest absolute Gasteiger partial charge is 0.372 e. The van der Waals surface area contributed by atoms with Gasteiger partial charge in [-0.1, -0.05) is 47.5 Å². The number of fused-ring (bicyclic) bond motifs is 1. The molecule has 5 rings (SSSR count). The molecule has 2 aromatic carbocycles. The summed E-state index contributed by atoms with van der Waals surface area (Å²) < 4.78 is 6.76. The number of rotatable bonds is 12. The maximum Gasteiger partial charge on any atom is 0.0724 e. The van der Waals surface area contributed by atoms with Crippen molar-refractivity contribution in [3.05, 3.63) is 69.7 Å². The number of nitrogens with zero attached hydrogens (tertiary/aromatic N) is 4. The number of hydrogen-bond acceptors (Lipinski definition) is 5. The molecule has 0 aliphatic carbocycles. The SMILES string of the molecule is CN(CCc1ccc(Cl)cc1)C1CCN(C(C)(C)CC(CN2C[C@@H]3CN(C(C)(C)C)C[C@@H]3C2)OCc2ccc(Cl)cc2)CC1. The Morgan fingerprint density at radius 1 is 0.795 bits per heavy atom. The van der Waals surface area contributed by atoms with Crippen molar-refractivity contribution in [1.29, 1.82) is 0 Å². The fraction of sp³-hybridized carbons (Fsp3) is 0.676. The van der Waals surface area contributed by atoms with Crippen molar-refractivity contribution in [3.63, 3.8) is 0 Å². The number of likely N-dealkylation sites (tertiary alicyclic amines) is 3. The fourth-order valence-electron chi connectivity index (χ4n) is 7.78. The van der Waals surface area contributed by atoms with Crippen molar-refractivity contribution in [2.45, 2.75) is 90.1 Å². The van der Waals surface area contributed by atoms with Gasteiger partial charge in [0.1, 0.15) is 0 Å². The maximum atomic E-state index is 6.76. The lowest BCUT2D eigenvalue weighted by molar-refractivity contribution is -0.0320. The standard InChI is InChI=1S/C37H56Cl2N4O/c1-36(2,3)43-24-30-22-41(23-31(30)25-43)26-35(44-27-29-9-13-33(39)14-10-29)21-37(4,5)42-19-16-34(17-20-42)40(6)18-15-28-7-11-32(38)12-8-28/h7-14,30-31,34-35H,15-27H2,1-6H3/t30-,31+,35?. The van der Waals surface area contributed by atoms with Gasteiger partial charge in [0.05, 0.1) is 12.7 Å². The van der Waals surface area contributed by atoms with E-state index in [1.165, 1.54) is 50.1 Å². The van der Waals surface area contributed by atoms with Crippen LogP contribution in [0.25, 0.3) is 0 Å². The summed E-state index contributed by atoms with van der Waals surface area (Å²) in [5.41, 5.74) is 2.90. The van der Waals surface area contributed by atoms with E-state index < -0.39 is 0 Å². The predicted molar refractivity (Wildman–Crippen MR) is 186 cm³/mol. The quantitative estimate of drug-likeness (QED) is 0.241. The van der Waals surface area contributed by atoms with Gasteiger partial charge in [-0.2, -0.15) is 0 Å². The van der Waals surface area contributed by atoms with Gasteiger partial charge in [0.25, 0.3) is 0 Å². The molecule has 0 amide bonds. The monoisotopic (exact) mass is 642 g/mol. The van der Waals surface area contributed by atoms with E-state index in [1.807, 2.05) is 24.3 Å². The Bertz CT molecular complexity index is 1160. The van der Waals surface area contributed by atoms with Gasteiger partial charge in [-0.3, -0.25) is 9.80 Å². The summed E-state index contributed by atoms with van der Waals surface area (Å²) in [5, 5.41) is 1.59. The Balaban J connectivity index is 1.15. The molecule has 7 heteroatoms. The predicted octanol–water partition coefficient (Wildman–Crippen LogP) is 7.35. The molecular weight excluding hydrogens is 587 g/mol. The van der Waals surface area contributed by atoms with Crippen LogP contribution < -0.4 is 0 Å². The molecular formula is C37H56Cl2N4O. The number of hydrogen-bond donors (Lipinski definition) is 0. The molecule has 0 saturated carbocycles. The molecule has 5 nitrogen and oxygen atoms in total. The normalized spacial score (nSPS) is 23.5. The lowest BCUT2D eigenvalue weighted by Crippen LogP contribution is -2.53. The minimum Gasteiger partial charge on any atom is -0.372 e. The van der Waals surface area contributed by atoms with Crippen LogP contribution in [0.1, 0.15) is 65.0 Å². The van der Waals surface area contributed by atoms with Crippen LogP contribution in [0.4, 0.5) is 0 Å². The van der Waals surface area contributed by atoms with E-state index in [2.05, 4.69) is 85.5 Å². The van der Waals surface area contributed by atoms with Crippen LogP contribution in [-0.4, -0.2) is 102 Å². The Morgan fingerprint density at radius 3 is 1.89 bits per heavy atom. The first-order valence-electron chi connectivity index (χ1n) is 16.9. The highest BCUT2D eigenvalue weighted by Gasteiger charge is 2.44. The molecule has 3 atom stereocenters. The summed E-state index contributed by atoms with van der Waals surface area (Å²) in [4.78, 5) is 10.7. The summed E-state index contributed by atoms with van der Waals surface area (Å²) in [6.45, 7) is 21.8. The third-order valence-electron chi connectivity index (χ3n) is 10.7. The third-order valence-corrected chi connectivity index (χ3v) is 11.2. The fourth-order valence-corrected chi connectivity index (χ4v) is 8.04. The van der Waals surface area contributed by atoms with Crippen LogP contribution in [0.3, 0.4) is 0 Å². The summed E-state index contributed by atoms with van der Waals surface area (Å²) >= 11 is 12.2. The zero-order valence-electron chi connectivity index (χ0n) is 28.1. The van der Waals surface area contributed by atoms with Crippen LogP contribution in [0.5, 0.6) is 0 Å². The average Bonchev–Trinajstić information content (AvgIpc) is 3.56.